The normalized spacial score (nSPS) is 23.1. The van der Waals surface area contributed by atoms with Gasteiger partial charge < -0.3 is 15.2 Å². The fraction of sp³-hybridized carbons (Fsp3) is 0.909. The summed E-state index contributed by atoms with van der Waals surface area (Å²) in [5.41, 5.74) is -0.429. The van der Waals surface area contributed by atoms with Crippen molar-refractivity contribution >= 4 is 5.97 Å². The van der Waals surface area contributed by atoms with E-state index in [-0.39, 0.29) is 18.6 Å². The zero-order valence-corrected chi connectivity index (χ0v) is 10.3. The third-order valence-corrected chi connectivity index (χ3v) is 2.33. The van der Waals surface area contributed by atoms with E-state index in [2.05, 4.69) is 5.32 Å². The van der Waals surface area contributed by atoms with Crippen LogP contribution in [-0.2, 0) is 9.53 Å². The highest BCUT2D eigenvalue weighted by Gasteiger charge is 2.23. The van der Waals surface area contributed by atoms with Gasteiger partial charge in [0, 0.05) is 25.7 Å². The van der Waals surface area contributed by atoms with Crippen LogP contribution in [0.3, 0.4) is 0 Å². The van der Waals surface area contributed by atoms with E-state index in [1.165, 1.54) is 0 Å². The lowest BCUT2D eigenvalue weighted by Crippen LogP contribution is -2.53. The maximum atomic E-state index is 11.6. The van der Waals surface area contributed by atoms with Gasteiger partial charge in [-0.05, 0) is 20.8 Å². The van der Waals surface area contributed by atoms with E-state index < -0.39 is 5.60 Å². The molecule has 0 aliphatic carbocycles. The third-order valence-electron chi connectivity index (χ3n) is 2.33. The molecule has 5 nitrogen and oxygen atoms in total. The largest absolute Gasteiger partial charge is 0.459 e. The molecule has 0 saturated carbocycles. The van der Waals surface area contributed by atoms with Crippen LogP contribution in [0.25, 0.3) is 0 Å². The van der Waals surface area contributed by atoms with E-state index >= 15 is 0 Å². The van der Waals surface area contributed by atoms with Crippen molar-refractivity contribution in [1.29, 1.82) is 0 Å². The van der Waals surface area contributed by atoms with Crippen molar-refractivity contribution < 1.29 is 14.6 Å². The minimum atomic E-state index is -0.429. The second kappa shape index (κ2) is 5.61. The molecule has 5 heteroatoms. The molecule has 1 heterocycles. The topological polar surface area (TPSA) is 61.8 Å². The summed E-state index contributed by atoms with van der Waals surface area (Å²) in [6.07, 6.45) is 0. The molecule has 0 spiro atoms. The quantitative estimate of drug-likeness (QED) is 0.646. The standard InChI is InChI=1S/C11H22N2O3/c1-11(2,3)16-10(15)7-13-5-4-12-9(6-13)8-14/h9,12,14H,4-8H2,1-3H3. The Morgan fingerprint density at radius 1 is 1.56 bits per heavy atom. The average molecular weight is 230 g/mol. The molecule has 1 aliphatic rings. The first-order valence-electron chi connectivity index (χ1n) is 5.69. The molecule has 94 valence electrons. The van der Waals surface area contributed by atoms with Gasteiger partial charge in [0.15, 0.2) is 0 Å². The summed E-state index contributed by atoms with van der Waals surface area (Å²) in [5.74, 6) is -0.203. The molecule has 1 unspecified atom stereocenters. The second-order valence-corrected chi connectivity index (χ2v) is 5.16. The lowest BCUT2D eigenvalue weighted by atomic mass is 10.2. The van der Waals surface area contributed by atoms with Gasteiger partial charge in [0.2, 0.25) is 0 Å². The summed E-state index contributed by atoms with van der Waals surface area (Å²) < 4.78 is 5.25. The Labute approximate surface area is 96.8 Å². The maximum Gasteiger partial charge on any atom is 0.320 e. The van der Waals surface area contributed by atoms with Crippen LogP contribution in [0.1, 0.15) is 20.8 Å². The van der Waals surface area contributed by atoms with E-state index in [9.17, 15) is 4.79 Å². The van der Waals surface area contributed by atoms with Crippen LogP contribution >= 0.6 is 0 Å². The van der Waals surface area contributed by atoms with Gasteiger partial charge in [-0.15, -0.1) is 0 Å². The van der Waals surface area contributed by atoms with Crippen LogP contribution in [-0.4, -0.2) is 60.4 Å². The summed E-state index contributed by atoms with van der Waals surface area (Å²) in [7, 11) is 0. The van der Waals surface area contributed by atoms with Crippen molar-refractivity contribution in [3.8, 4) is 0 Å². The van der Waals surface area contributed by atoms with Gasteiger partial charge in [0.25, 0.3) is 0 Å². The molecule has 2 N–H and O–H groups in total. The second-order valence-electron chi connectivity index (χ2n) is 5.16. The van der Waals surface area contributed by atoms with Crippen molar-refractivity contribution in [2.24, 2.45) is 0 Å². The smallest absolute Gasteiger partial charge is 0.320 e. The molecule has 1 saturated heterocycles. The SMILES string of the molecule is CC(C)(C)OC(=O)CN1CCNC(CO)C1. The van der Waals surface area contributed by atoms with Crippen LogP contribution in [0.4, 0.5) is 0 Å². The van der Waals surface area contributed by atoms with E-state index in [4.69, 9.17) is 9.84 Å². The van der Waals surface area contributed by atoms with Crippen LogP contribution in [0, 0.1) is 0 Å². The first-order chi connectivity index (χ1) is 7.40. The number of rotatable bonds is 3. The Hall–Kier alpha value is -0.650. The highest BCUT2D eigenvalue weighted by atomic mass is 16.6. The van der Waals surface area contributed by atoms with E-state index in [0.717, 1.165) is 13.1 Å². The first kappa shape index (κ1) is 13.4. The summed E-state index contributed by atoms with van der Waals surface area (Å²) in [6.45, 7) is 8.29. The van der Waals surface area contributed by atoms with Crippen LogP contribution in [0.5, 0.6) is 0 Å². The Morgan fingerprint density at radius 3 is 2.81 bits per heavy atom. The molecule has 0 aromatic heterocycles. The Balaban J connectivity index is 2.33. The van der Waals surface area contributed by atoms with Gasteiger partial charge >= 0.3 is 5.97 Å². The molecule has 0 bridgehead atoms. The van der Waals surface area contributed by atoms with Crippen molar-refractivity contribution in [1.82, 2.24) is 10.2 Å². The summed E-state index contributed by atoms with van der Waals surface area (Å²) >= 11 is 0. The van der Waals surface area contributed by atoms with Crippen LogP contribution in [0.15, 0.2) is 0 Å². The van der Waals surface area contributed by atoms with Crippen molar-refractivity contribution in [2.75, 3.05) is 32.8 Å². The molecule has 1 rings (SSSR count). The Kier molecular flexibility index (Phi) is 4.70. The molecule has 0 radical (unpaired) electrons. The number of nitrogens with zero attached hydrogens (tertiary/aromatic N) is 1. The molecule has 0 aromatic carbocycles. The van der Waals surface area contributed by atoms with E-state index in [1.54, 1.807) is 0 Å². The molecule has 0 amide bonds. The van der Waals surface area contributed by atoms with E-state index in [1.807, 2.05) is 25.7 Å². The predicted molar refractivity (Wildman–Crippen MR) is 61.2 cm³/mol. The molecule has 1 atom stereocenters. The van der Waals surface area contributed by atoms with Gasteiger partial charge in [0.05, 0.1) is 13.2 Å². The fourth-order valence-corrected chi connectivity index (χ4v) is 1.72. The number of esters is 1. The highest BCUT2D eigenvalue weighted by molar-refractivity contribution is 5.72. The zero-order valence-electron chi connectivity index (χ0n) is 10.3. The summed E-state index contributed by atoms with van der Waals surface area (Å²) in [5, 5.41) is 12.2. The molecular formula is C11H22N2O3. The Bertz CT molecular complexity index is 238. The molecular weight excluding hydrogens is 208 g/mol. The Morgan fingerprint density at radius 2 is 2.25 bits per heavy atom. The van der Waals surface area contributed by atoms with Crippen LogP contribution < -0.4 is 5.32 Å². The van der Waals surface area contributed by atoms with E-state index in [0.29, 0.717) is 13.1 Å². The van der Waals surface area contributed by atoms with Crippen molar-refractivity contribution in [3.63, 3.8) is 0 Å². The third kappa shape index (κ3) is 4.92. The average Bonchev–Trinajstić information content (AvgIpc) is 2.15. The number of aliphatic hydroxyl groups excluding tert-OH is 1. The van der Waals surface area contributed by atoms with Gasteiger partial charge in [-0.2, -0.15) is 0 Å². The van der Waals surface area contributed by atoms with Gasteiger partial charge in [-0.1, -0.05) is 0 Å². The number of hydrogen-bond donors (Lipinski definition) is 2. The number of carbonyl (C=O) groups excluding carboxylic acids is 1. The molecule has 16 heavy (non-hydrogen) atoms. The van der Waals surface area contributed by atoms with Gasteiger partial charge in [0.1, 0.15) is 5.60 Å². The monoisotopic (exact) mass is 230 g/mol. The van der Waals surface area contributed by atoms with Crippen molar-refractivity contribution in [2.45, 2.75) is 32.4 Å². The minimum absolute atomic E-state index is 0.0659. The zero-order chi connectivity index (χ0) is 12.2. The molecule has 1 aliphatic heterocycles. The highest BCUT2D eigenvalue weighted by Crippen LogP contribution is 2.08. The molecule has 0 aromatic rings. The maximum absolute atomic E-state index is 11.6. The number of nitrogens with one attached hydrogen (secondary N) is 1. The number of piperazine rings is 1. The van der Waals surface area contributed by atoms with Crippen LogP contribution in [0.2, 0.25) is 0 Å². The first-order valence-corrected chi connectivity index (χ1v) is 5.69. The minimum Gasteiger partial charge on any atom is -0.459 e. The lowest BCUT2D eigenvalue weighted by molar-refractivity contribution is -0.156. The predicted octanol–water partition coefficient (Wildman–Crippen LogP) is -0.406. The fourth-order valence-electron chi connectivity index (χ4n) is 1.72. The lowest BCUT2D eigenvalue weighted by Gasteiger charge is -2.32. The van der Waals surface area contributed by atoms with Crippen molar-refractivity contribution in [3.05, 3.63) is 0 Å². The number of hydrogen-bond acceptors (Lipinski definition) is 5. The van der Waals surface area contributed by atoms with Gasteiger partial charge in [-0.25, -0.2) is 0 Å². The summed E-state index contributed by atoms with van der Waals surface area (Å²) in [6, 6.07) is 0.0659. The van der Waals surface area contributed by atoms with Gasteiger partial charge in [-0.3, -0.25) is 9.69 Å². The summed E-state index contributed by atoms with van der Waals surface area (Å²) in [4.78, 5) is 13.6. The number of ether oxygens (including phenoxy) is 1. The number of aliphatic hydroxyl groups is 1. The molecule has 1 fully saturated rings. The number of carbonyl (C=O) groups is 1.